The minimum atomic E-state index is 0.0676. The van der Waals surface area contributed by atoms with Gasteiger partial charge in [-0.25, -0.2) is 0 Å². The van der Waals surface area contributed by atoms with Crippen molar-refractivity contribution in [1.29, 1.82) is 5.26 Å². The van der Waals surface area contributed by atoms with Gasteiger partial charge in [-0.1, -0.05) is 30.3 Å². The summed E-state index contributed by atoms with van der Waals surface area (Å²) < 4.78 is 0. The van der Waals surface area contributed by atoms with Crippen LogP contribution < -0.4 is 0 Å². The molecule has 3 heteroatoms. The Morgan fingerprint density at radius 1 is 1.16 bits per heavy atom. The van der Waals surface area contributed by atoms with E-state index < -0.39 is 0 Å². The number of hydrogen-bond acceptors (Lipinski definition) is 2. The third-order valence-corrected chi connectivity index (χ3v) is 3.33. The first kappa shape index (κ1) is 11.5. The van der Waals surface area contributed by atoms with Crippen LogP contribution in [0.3, 0.4) is 0 Å². The standard InChI is InChI=1S/C16H12N2O/c17-9-12-4-3-5-13(8-12)10-18-11-14-6-1-2-7-15(14)16(18)19/h1-8H,10-11H2. The summed E-state index contributed by atoms with van der Waals surface area (Å²) >= 11 is 0. The van der Waals surface area contributed by atoms with E-state index in [-0.39, 0.29) is 5.91 Å². The van der Waals surface area contributed by atoms with Gasteiger partial charge in [-0.3, -0.25) is 4.79 Å². The van der Waals surface area contributed by atoms with Gasteiger partial charge in [0.15, 0.2) is 0 Å². The van der Waals surface area contributed by atoms with Gasteiger partial charge in [0.1, 0.15) is 0 Å². The van der Waals surface area contributed by atoms with E-state index >= 15 is 0 Å². The Hall–Kier alpha value is -2.60. The van der Waals surface area contributed by atoms with E-state index in [0.717, 1.165) is 16.7 Å². The number of carbonyl (C=O) groups is 1. The average Bonchev–Trinajstić information content (AvgIpc) is 2.76. The molecular weight excluding hydrogens is 236 g/mol. The van der Waals surface area contributed by atoms with Gasteiger partial charge < -0.3 is 4.90 Å². The minimum absolute atomic E-state index is 0.0676. The van der Waals surface area contributed by atoms with Crippen LogP contribution in [0.4, 0.5) is 0 Å². The Morgan fingerprint density at radius 2 is 2.00 bits per heavy atom. The van der Waals surface area contributed by atoms with Crippen LogP contribution in [0, 0.1) is 11.3 Å². The lowest BCUT2D eigenvalue weighted by molar-refractivity contribution is 0.0766. The third kappa shape index (κ3) is 2.09. The zero-order valence-electron chi connectivity index (χ0n) is 10.3. The summed E-state index contributed by atoms with van der Waals surface area (Å²) in [6, 6.07) is 17.2. The van der Waals surface area contributed by atoms with Crippen LogP contribution in [0.15, 0.2) is 48.5 Å². The molecule has 3 nitrogen and oxygen atoms in total. The first-order chi connectivity index (χ1) is 9.28. The maximum atomic E-state index is 12.2. The smallest absolute Gasteiger partial charge is 0.254 e. The lowest BCUT2D eigenvalue weighted by Crippen LogP contribution is -2.23. The van der Waals surface area contributed by atoms with Crippen LogP contribution in [-0.4, -0.2) is 10.8 Å². The van der Waals surface area contributed by atoms with Gasteiger partial charge >= 0.3 is 0 Å². The number of rotatable bonds is 2. The molecule has 0 fully saturated rings. The molecule has 0 atom stereocenters. The van der Waals surface area contributed by atoms with Crippen molar-refractivity contribution in [3.8, 4) is 6.07 Å². The van der Waals surface area contributed by atoms with Crippen molar-refractivity contribution in [2.24, 2.45) is 0 Å². The van der Waals surface area contributed by atoms with Crippen molar-refractivity contribution in [3.63, 3.8) is 0 Å². The highest BCUT2D eigenvalue weighted by molar-refractivity contribution is 5.98. The second-order valence-electron chi connectivity index (χ2n) is 4.63. The highest BCUT2D eigenvalue weighted by Crippen LogP contribution is 2.24. The van der Waals surface area contributed by atoms with Crippen molar-refractivity contribution < 1.29 is 4.79 Å². The number of hydrogen-bond donors (Lipinski definition) is 0. The fraction of sp³-hybridized carbons (Fsp3) is 0.125. The number of nitrogens with zero attached hydrogens (tertiary/aromatic N) is 2. The van der Waals surface area contributed by atoms with Crippen molar-refractivity contribution in [2.45, 2.75) is 13.1 Å². The molecule has 0 saturated carbocycles. The molecular formula is C16H12N2O. The largest absolute Gasteiger partial charge is 0.330 e. The Balaban J connectivity index is 1.83. The molecule has 3 rings (SSSR count). The second kappa shape index (κ2) is 4.58. The van der Waals surface area contributed by atoms with E-state index in [9.17, 15) is 4.79 Å². The molecule has 0 aromatic heterocycles. The fourth-order valence-corrected chi connectivity index (χ4v) is 2.40. The number of fused-ring (bicyclic) bond motifs is 1. The van der Waals surface area contributed by atoms with E-state index in [1.54, 1.807) is 11.0 Å². The molecule has 19 heavy (non-hydrogen) atoms. The molecule has 1 amide bonds. The predicted octanol–water partition coefficient (Wildman–Crippen LogP) is 2.71. The molecule has 2 aromatic carbocycles. The molecule has 0 aliphatic carbocycles. The Kier molecular flexibility index (Phi) is 2.77. The zero-order valence-corrected chi connectivity index (χ0v) is 10.3. The molecule has 0 N–H and O–H groups in total. The van der Waals surface area contributed by atoms with Gasteiger partial charge in [0, 0.05) is 18.7 Å². The van der Waals surface area contributed by atoms with Crippen molar-refractivity contribution >= 4 is 5.91 Å². The van der Waals surface area contributed by atoms with Crippen LogP contribution in [0.1, 0.15) is 27.0 Å². The monoisotopic (exact) mass is 248 g/mol. The summed E-state index contributed by atoms with van der Waals surface area (Å²) in [7, 11) is 0. The van der Waals surface area contributed by atoms with Crippen molar-refractivity contribution in [3.05, 3.63) is 70.8 Å². The molecule has 0 radical (unpaired) electrons. The lowest BCUT2D eigenvalue weighted by Gasteiger charge is -2.15. The van der Waals surface area contributed by atoms with Gasteiger partial charge in [-0.15, -0.1) is 0 Å². The normalized spacial score (nSPS) is 13.2. The SMILES string of the molecule is N#Cc1cccc(CN2Cc3ccccc3C2=O)c1. The number of amides is 1. The second-order valence-corrected chi connectivity index (χ2v) is 4.63. The Morgan fingerprint density at radius 3 is 2.79 bits per heavy atom. The molecule has 1 heterocycles. The molecule has 1 aliphatic rings. The first-order valence-electron chi connectivity index (χ1n) is 6.14. The first-order valence-corrected chi connectivity index (χ1v) is 6.14. The molecule has 0 unspecified atom stereocenters. The summed E-state index contributed by atoms with van der Waals surface area (Å²) in [6.07, 6.45) is 0. The highest BCUT2D eigenvalue weighted by Gasteiger charge is 2.26. The van der Waals surface area contributed by atoms with Gasteiger partial charge in [0.2, 0.25) is 0 Å². The van der Waals surface area contributed by atoms with Crippen LogP contribution in [-0.2, 0) is 13.1 Å². The van der Waals surface area contributed by atoms with E-state index in [0.29, 0.717) is 18.7 Å². The van der Waals surface area contributed by atoms with Crippen molar-refractivity contribution in [2.75, 3.05) is 0 Å². The maximum Gasteiger partial charge on any atom is 0.254 e. The summed E-state index contributed by atoms with van der Waals surface area (Å²) in [5.41, 5.74) is 3.48. The lowest BCUT2D eigenvalue weighted by atomic mass is 10.1. The minimum Gasteiger partial charge on any atom is -0.330 e. The van der Waals surface area contributed by atoms with Gasteiger partial charge in [0.05, 0.1) is 11.6 Å². The molecule has 0 saturated heterocycles. The van der Waals surface area contributed by atoms with Crippen LogP contribution in [0.5, 0.6) is 0 Å². The maximum absolute atomic E-state index is 12.2. The fourth-order valence-electron chi connectivity index (χ4n) is 2.40. The van der Waals surface area contributed by atoms with E-state index in [1.807, 2.05) is 42.5 Å². The van der Waals surface area contributed by atoms with E-state index in [1.165, 1.54) is 0 Å². The molecule has 0 spiro atoms. The number of carbonyl (C=O) groups excluding carboxylic acids is 1. The Labute approximate surface area is 111 Å². The summed E-state index contributed by atoms with van der Waals surface area (Å²) in [6.45, 7) is 1.19. The summed E-state index contributed by atoms with van der Waals surface area (Å²) in [5.74, 6) is 0.0676. The van der Waals surface area contributed by atoms with Gasteiger partial charge in [-0.05, 0) is 29.3 Å². The topological polar surface area (TPSA) is 44.1 Å². The van der Waals surface area contributed by atoms with Crippen LogP contribution in [0.2, 0.25) is 0 Å². The van der Waals surface area contributed by atoms with Crippen molar-refractivity contribution in [1.82, 2.24) is 4.90 Å². The Bertz CT molecular complexity index is 685. The molecule has 1 aliphatic heterocycles. The van der Waals surface area contributed by atoms with Crippen LogP contribution >= 0.6 is 0 Å². The van der Waals surface area contributed by atoms with Gasteiger partial charge in [0.25, 0.3) is 5.91 Å². The van der Waals surface area contributed by atoms with E-state index in [4.69, 9.17) is 5.26 Å². The molecule has 0 bridgehead atoms. The molecule has 2 aromatic rings. The third-order valence-electron chi connectivity index (χ3n) is 3.33. The summed E-state index contributed by atoms with van der Waals surface area (Å²) in [5, 5.41) is 8.89. The van der Waals surface area contributed by atoms with Crippen LogP contribution in [0.25, 0.3) is 0 Å². The van der Waals surface area contributed by atoms with Gasteiger partial charge in [-0.2, -0.15) is 5.26 Å². The number of benzene rings is 2. The average molecular weight is 248 g/mol. The number of nitriles is 1. The van der Waals surface area contributed by atoms with E-state index in [2.05, 4.69) is 6.07 Å². The quantitative estimate of drug-likeness (QED) is 0.820. The zero-order chi connectivity index (χ0) is 13.2. The predicted molar refractivity (Wildman–Crippen MR) is 71.2 cm³/mol. The molecule has 92 valence electrons. The summed E-state index contributed by atoms with van der Waals surface area (Å²) in [4.78, 5) is 14.0. The highest BCUT2D eigenvalue weighted by atomic mass is 16.2.